The van der Waals surface area contributed by atoms with Gasteiger partial charge in [-0.05, 0) is 82.7 Å². The minimum atomic E-state index is -0.898. The number of pyridine rings is 1. The van der Waals surface area contributed by atoms with E-state index in [1.807, 2.05) is 41.9 Å². The van der Waals surface area contributed by atoms with Gasteiger partial charge < -0.3 is 20.6 Å². The SMILES string of the molecule is Cc1cc(C)n(CCN(CCCCc2ccc3c(n2)NCCC3)CCC(Nc2ccnc(-c3ccccc3)n2)C(=O)O)n1. The van der Waals surface area contributed by atoms with Gasteiger partial charge in [0, 0.05) is 42.8 Å². The van der Waals surface area contributed by atoms with E-state index in [0.29, 0.717) is 24.6 Å². The molecule has 5 rings (SSSR count). The first kappa shape index (κ1) is 30.2. The summed E-state index contributed by atoms with van der Waals surface area (Å²) in [7, 11) is 0. The molecule has 1 aromatic carbocycles. The molecule has 1 atom stereocenters. The number of aryl methyl sites for hydroxylation is 4. The van der Waals surface area contributed by atoms with Crippen molar-refractivity contribution in [1.29, 1.82) is 0 Å². The minimum absolute atomic E-state index is 0.440. The quantitative estimate of drug-likeness (QED) is 0.166. The van der Waals surface area contributed by atoms with Crippen LogP contribution in [0.3, 0.4) is 0 Å². The number of nitrogens with one attached hydrogen (secondary N) is 2. The molecule has 1 aliphatic heterocycles. The molecule has 4 aromatic rings. The number of hydrogen-bond acceptors (Lipinski definition) is 8. The van der Waals surface area contributed by atoms with Gasteiger partial charge in [-0.3, -0.25) is 4.68 Å². The number of rotatable bonds is 15. The molecule has 0 saturated carbocycles. The fourth-order valence-corrected chi connectivity index (χ4v) is 5.54. The molecule has 0 bridgehead atoms. The van der Waals surface area contributed by atoms with Gasteiger partial charge in [-0.25, -0.2) is 19.7 Å². The third kappa shape index (κ3) is 8.61. The van der Waals surface area contributed by atoms with Gasteiger partial charge in [-0.15, -0.1) is 0 Å². The van der Waals surface area contributed by atoms with Crippen LogP contribution in [-0.2, 0) is 24.2 Å². The highest BCUT2D eigenvalue weighted by atomic mass is 16.4. The number of aromatic nitrogens is 5. The first-order chi connectivity index (χ1) is 20.9. The standard InChI is InChI=1S/C33H42N8O2/c1-24-23-25(2)41(39-24)22-21-40(19-7-6-12-28-14-13-27-11-8-17-34-31(27)36-28)20-16-29(33(42)43)37-30-15-18-35-32(38-30)26-9-4-3-5-10-26/h3-5,9-10,13-15,18,23,29H,6-8,11-12,16-17,19-22H2,1-2H3,(H,34,36)(H,42,43)(H,35,37,38). The van der Waals surface area contributed by atoms with E-state index in [2.05, 4.69) is 55.7 Å². The summed E-state index contributed by atoms with van der Waals surface area (Å²) >= 11 is 0. The zero-order valence-electron chi connectivity index (χ0n) is 25.2. The fourth-order valence-electron chi connectivity index (χ4n) is 5.54. The van der Waals surface area contributed by atoms with Gasteiger partial charge in [0.1, 0.15) is 17.7 Å². The Hall–Kier alpha value is -4.31. The van der Waals surface area contributed by atoms with Gasteiger partial charge >= 0.3 is 5.97 Å². The molecule has 0 spiro atoms. The van der Waals surface area contributed by atoms with Crippen LogP contribution >= 0.6 is 0 Å². The van der Waals surface area contributed by atoms with Crippen molar-refractivity contribution in [3.63, 3.8) is 0 Å². The number of fused-ring (bicyclic) bond motifs is 1. The Morgan fingerprint density at radius 1 is 1.07 bits per heavy atom. The summed E-state index contributed by atoms with van der Waals surface area (Å²) in [4.78, 5) is 28.4. The van der Waals surface area contributed by atoms with Crippen molar-refractivity contribution in [2.24, 2.45) is 0 Å². The minimum Gasteiger partial charge on any atom is -0.480 e. The molecule has 10 nitrogen and oxygen atoms in total. The van der Waals surface area contributed by atoms with Crippen molar-refractivity contribution in [2.45, 2.75) is 65.0 Å². The van der Waals surface area contributed by atoms with Crippen molar-refractivity contribution >= 4 is 17.6 Å². The van der Waals surface area contributed by atoms with Gasteiger partial charge in [-0.1, -0.05) is 36.4 Å². The molecule has 10 heteroatoms. The van der Waals surface area contributed by atoms with Gasteiger partial charge in [0.25, 0.3) is 0 Å². The van der Waals surface area contributed by atoms with Crippen molar-refractivity contribution in [3.05, 3.63) is 83.4 Å². The number of unbranched alkanes of at least 4 members (excludes halogenated alkanes) is 1. The summed E-state index contributed by atoms with van der Waals surface area (Å²) in [6, 6.07) is 17.1. The number of hydrogen-bond donors (Lipinski definition) is 3. The molecule has 0 saturated heterocycles. The van der Waals surface area contributed by atoms with Gasteiger partial charge in [0.15, 0.2) is 5.82 Å². The summed E-state index contributed by atoms with van der Waals surface area (Å²) in [6.07, 6.45) is 7.30. The largest absolute Gasteiger partial charge is 0.480 e. The van der Waals surface area contributed by atoms with Crippen molar-refractivity contribution in [3.8, 4) is 11.4 Å². The maximum absolute atomic E-state index is 12.3. The highest BCUT2D eigenvalue weighted by molar-refractivity contribution is 5.77. The smallest absolute Gasteiger partial charge is 0.326 e. The normalized spacial score (nSPS) is 13.4. The Balaban J connectivity index is 1.19. The molecule has 0 radical (unpaired) electrons. The number of benzene rings is 1. The number of anilines is 2. The average Bonchev–Trinajstić information content (AvgIpc) is 3.35. The number of carboxylic acid groups (broad SMARTS) is 1. The third-order valence-electron chi connectivity index (χ3n) is 7.88. The van der Waals surface area contributed by atoms with Gasteiger partial charge in [0.05, 0.1) is 12.2 Å². The number of carboxylic acids is 1. The molecule has 3 N–H and O–H groups in total. The zero-order chi connectivity index (χ0) is 30.0. The molecular formula is C33H42N8O2. The molecule has 226 valence electrons. The molecule has 43 heavy (non-hydrogen) atoms. The average molecular weight is 583 g/mol. The number of aliphatic carboxylic acids is 1. The molecule has 0 fully saturated rings. The number of carbonyl (C=O) groups is 1. The van der Waals surface area contributed by atoms with Crippen LogP contribution in [-0.4, -0.2) is 72.9 Å². The maximum Gasteiger partial charge on any atom is 0.326 e. The summed E-state index contributed by atoms with van der Waals surface area (Å²) in [5, 5.41) is 21.2. The summed E-state index contributed by atoms with van der Waals surface area (Å²) in [5.74, 6) is 1.21. The predicted molar refractivity (Wildman–Crippen MR) is 169 cm³/mol. The van der Waals surface area contributed by atoms with E-state index < -0.39 is 12.0 Å². The lowest BCUT2D eigenvalue weighted by Gasteiger charge is -2.25. The Morgan fingerprint density at radius 3 is 2.72 bits per heavy atom. The van der Waals surface area contributed by atoms with Crippen molar-refractivity contribution in [2.75, 3.05) is 36.8 Å². The molecule has 1 unspecified atom stereocenters. The predicted octanol–water partition coefficient (Wildman–Crippen LogP) is 4.99. The second-order valence-corrected chi connectivity index (χ2v) is 11.2. The number of nitrogens with zero attached hydrogens (tertiary/aromatic N) is 6. The molecule has 0 aliphatic carbocycles. The lowest BCUT2D eigenvalue weighted by Crippen LogP contribution is -2.37. The van der Waals surface area contributed by atoms with Crippen molar-refractivity contribution in [1.82, 2.24) is 29.6 Å². The summed E-state index contributed by atoms with van der Waals surface area (Å²) in [5.41, 5.74) is 5.45. The Bertz CT molecular complexity index is 1490. The first-order valence-electron chi connectivity index (χ1n) is 15.3. The van der Waals surface area contributed by atoms with Crippen LogP contribution in [0.25, 0.3) is 11.4 Å². The molecule has 3 aromatic heterocycles. The van der Waals surface area contributed by atoms with Crippen LogP contribution in [0, 0.1) is 13.8 Å². The second kappa shape index (κ2) is 14.7. The van der Waals surface area contributed by atoms with Crippen LogP contribution in [0.5, 0.6) is 0 Å². The molecule has 1 aliphatic rings. The summed E-state index contributed by atoms with van der Waals surface area (Å²) < 4.78 is 2.03. The monoisotopic (exact) mass is 582 g/mol. The van der Waals surface area contributed by atoms with Crippen LogP contribution in [0.1, 0.15) is 48.3 Å². The topological polar surface area (TPSA) is 121 Å². The molecule has 4 heterocycles. The van der Waals surface area contributed by atoms with E-state index in [-0.39, 0.29) is 0 Å². The van der Waals surface area contributed by atoms with E-state index in [9.17, 15) is 9.90 Å². The highest BCUT2D eigenvalue weighted by Crippen LogP contribution is 2.21. The van der Waals surface area contributed by atoms with Crippen LogP contribution in [0.2, 0.25) is 0 Å². The van der Waals surface area contributed by atoms with E-state index in [0.717, 1.165) is 86.7 Å². The molecule has 0 amide bonds. The molecular weight excluding hydrogens is 540 g/mol. The van der Waals surface area contributed by atoms with Crippen LogP contribution < -0.4 is 10.6 Å². The maximum atomic E-state index is 12.3. The lowest BCUT2D eigenvalue weighted by atomic mass is 10.1. The van der Waals surface area contributed by atoms with Crippen LogP contribution in [0.15, 0.2) is 60.8 Å². The Morgan fingerprint density at radius 2 is 1.93 bits per heavy atom. The zero-order valence-corrected chi connectivity index (χ0v) is 25.2. The Kier molecular flexibility index (Phi) is 10.3. The van der Waals surface area contributed by atoms with Gasteiger partial charge in [-0.2, -0.15) is 5.10 Å². The van der Waals surface area contributed by atoms with Crippen molar-refractivity contribution < 1.29 is 9.90 Å². The second-order valence-electron chi connectivity index (χ2n) is 11.2. The first-order valence-corrected chi connectivity index (χ1v) is 15.3. The van der Waals surface area contributed by atoms with E-state index in [4.69, 9.17) is 4.98 Å². The fraction of sp³-hybridized carbons (Fsp3) is 0.424. The van der Waals surface area contributed by atoms with E-state index in [1.165, 1.54) is 5.56 Å². The van der Waals surface area contributed by atoms with Gasteiger partial charge in [0.2, 0.25) is 0 Å². The highest BCUT2D eigenvalue weighted by Gasteiger charge is 2.20. The summed E-state index contributed by atoms with van der Waals surface area (Å²) in [6.45, 7) is 8.13. The van der Waals surface area contributed by atoms with E-state index >= 15 is 0 Å². The lowest BCUT2D eigenvalue weighted by molar-refractivity contribution is -0.138. The Labute approximate surface area is 253 Å². The van der Waals surface area contributed by atoms with Crippen LogP contribution in [0.4, 0.5) is 11.6 Å². The third-order valence-corrected chi connectivity index (χ3v) is 7.88. The van der Waals surface area contributed by atoms with E-state index in [1.54, 1.807) is 12.3 Å².